The van der Waals surface area contributed by atoms with Gasteiger partial charge in [0.15, 0.2) is 0 Å². The molecule has 0 aliphatic carbocycles. The fourth-order valence-electron chi connectivity index (χ4n) is 2.43. The van der Waals surface area contributed by atoms with Crippen molar-refractivity contribution in [2.75, 3.05) is 6.54 Å². The lowest BCUT2D eigenvalue weighted by Crippen LogP contribution is -2.10. The zero-order valence-corrected chi connectivity index (χ0v) is 11.5. The molecule has 0 saturated heterocycles. The van der Waals surface area contributed by atoms with Crippen LogP contribution in [0.5, 0.6) is 5.75 Å². The van der Waals surface area contributed by atoms with E-state index < -0.39 is 5.82 Å². The number of fused-ring (bicyclic) bond motifs is 1. The van der Waals surface area contributed by atoms with Crippen molar-refractivity contribution in [2.45, 2.75) is 6.92 Å². The second kappa shape index (κ2) is 5.01. The number of phenols is 1. The van der Waals surface area contributed by atoms with Gasteiger partial charge < -0.3 is 10.8 Å². The summed E-state index contributed by atoms with van der Waals surface area (Å²) in [6.07, 6.45) is 4.96. The van der Waals surface area contributed by atoms with E-state index in [0.29, 0.717) is 34.6 Å². The van der Waals surface area contributed by atoms with Crippen LogP contribution in [0.3, 0.4) is 0 Å². The quantitative estimate of drug-likeness (QED) is 0.844. The first-order valence-corrected chi connectivity index (χ1v) is 6.52. The molecule has 106 valence electrons. The van der Waals surface area contributed by atoms with Gasteiger partial charge in [-0.05, 0) is 36.8 Å². The first-order chi connectivity index (χ1) is 10.1. The third kappa shape index (κ3) is 2.27. The van der Waals surface area contributed by atoms with Gasteiger partial charge in [0, 0.05) is 29.2 Å². The molecule has 0 bridgehead atoms. The summed E-state index contributed by atoms with van der Waals surface area (Å²) in [5, 5.41) is 10.1. The maximum atomic E-state index is 14.3. The summed E-state index contributed by atoms with van der Waals surface area (Å²) >= 11 is 0. The molecule has 0 fully saturated rings. The molecule has 1 aliphatic heterocycles. The Morgan fingerprint density at radius 3 is 2.86 bits per heavy atom. The van der Waals surface area contributed by atoms with Crippen molar-refractivity contribution >= 4 is 11.4 Å². The van der Waals surface area contributed by atoms with Crippen molar-refractivity contribution in [1.82, 2.24) is 4.98 Å². The molecule has 3 N–H and O–H groups in total. The number of phenolic OH excluding ortho intramolecular Hbond substituents is 1. The van der Waals surface area contributed by atoms with Crippen LogP contribution in [0.15, 0.2) is 41.7 Å². The highest BCUT2D eigenvalue weighted by Crippen LogP contribution is 2.29. The van der Waals surface area contributed by atoms with E-state index in [9.17, 15) is 9.50 Å². The zero-order chi connectivity index (χ0) is 15.0. The summed E-state index contributed by atoms with van der Waals surface area (Å²) in [7, 11) is 0. The minimum atomic E-state index is -0.505. The van der Waals surface area contributed by atoms with Crippen LogP contribution in [0.4, 0.5) is 4.39 Å². The molecule has 0 radical (unpaired) electrons. The van der Waals surface area contributed by atoms with Crippen LogP contribution in [-0.2, 0) is 0 Å². The number of aliphatic imine (C=N–C) groups is 1. The number of rotatable bonds is 1. The number of nitrogens with two attached hydrogens (primary N) is 1. The third-order valence-corrected chi connectivity index (χ3v) is 3.40. The van der Waals surface area contributed by atoms with Gasteiger partial charge in [0.2, 0.25) is 0 Å². The summed E-state index contributed by atoms with van der Waals surface area (Å²) < 4.78 is 14.3. The molecule has 0 atom stereocenters. The Labute approximate surface area is 121 Å². The fourth-order valence-corrected chi connectivity index (χ4v) is 2.43. The number of benzene rings is 1. The van der Waals surface area contributed by atoms with Crippen molar-refractivity contribution in [2.24, 2.45) is 10.7 Å². The van der Waals surface area contributed by atoms with Crippen LogP contribution in [0.2, 0.25) is 0 Å². The fraction of sp³-hybridized carbons (Fsp3) is 0.125. The Hall–Kier alpha value is -2.69. The van der Waals surface area contributed by atoms with Gasteiger partial charge in [-0.15, -0.1) is 0 Å². The summed E-state index contributed by atoms with van der Waals surface area (Å²) in [5.74, 6) is -0.635. The topological polar surface area (TPSA) is 71.5 Å². The molecule has 4 nitrogen and oxygen atoms in total. The Bertz CT molecular complexity index is 758. The van der Waals surface area contributed by atoms with Crippen molar-refractivity contribution in [3.05, 3.63) is 64.7 Å². The average molecular weight is 283 g/mol. The van der Waals surface area contributed by atoms with Gasteiger partial charge in [-0.2, -0.15) is 0 Å². The number of hydrogen-bond donors (Lipinski definition) is 2. The standard InChI is InChI=1S/C16H14FN3O/c1-9-6-12(17)15(14(21)7-9)16-10-2-4-19-8-11(10)13(18)3-5-20-16/h2-4,6-8,21H,5,18H2,1H3. The molecule has 2 heterocycles. The number of pyridine rings is 1. The summed E-state index contributed by atoms with van der Waals surface area (Å²) in [6.45, 7) is 2.04. The van der Waals surface area contributed by atoms with Crippen LogP contribution >= 0.6 is 0 Å². The summed E-state index contributed by atoms with van der Waals surface area (Å²) in [5.41, 5.74) is 9.00. The van der Waals surface area contributed by atoms with Gasteiger partial charge in [0.05, 0.1) is 17.8 Å². The van der Waals surface area contributed by atoms with E-state index in [0.717, 1.165) is 0 Å². The second-order valence-electron chi connectivity index (χ2n) is 4.91. The number of aromatic hydroxyl groups is 1. The predicted molar refractivity (Wildman–Crippen MR) is 79.7 cm³/mol. The molecule has 5 heteroatoms. The molecule has 2 aromatic rings. The second-order valence-corrected chi connectivity index (χ2v) is 4.91. The van der Waals surface area contributed by atoms with Gasteiger partial charge in [-0.25, -0.2) is 4.39 Å². The van der Waals surface area contributed by atoms with E-state index in [1.165, 1.54) is 12.1 Å². The monoisotopic (exact) mass is 283 g/mol. The van der Waals surface area contributed by atoms with Crippen LogP contribution in [0, 0.1) is 12.7 Å². The maximum absolute atomic E-state index is 14.3. The largest absolute Gasteiger partial charge is 0.507 e. The van der Waals surface area contributed by atoms with E-state index in [1.54, 1.807) is 31.5 Å². The average Bonchev–Trinajstić information content (AvgIpc) is 2.59. The Morgan fingerprint density at radius 2 is 2.10 bits per heavy atom. The molecule has 0 unspecified atom stereocenters. The molecule has 0 saturated carbocycles. The molecule has 0 spiro atoms. The molecule has 1 aliphatic rings. The minimum Gasteiger partial charge on any atom is -0.507 e. The van der Waals surface area contributed by atoms with Gasteiger partial charge in [-0.3, -0.25) is 9.98 Å². The van der Waals surface area contributed by atoms with Crippen molar-refractivity contribution in [1.29, 1.82) is 0 Å². The maximum Gasteiger partial charge on any atom is 0.136 e. The first-order valence-electron chi connectivity index (χ1n) is 6.52. The van der Waals surface area contributed by atoms with Gasteiger partial charge in [-0.1, -0.05) is 0 Å². The minimum absolute atomic E-state index is 0.0937. The van der Waals surface area contributed by atoms with E-state index in [2.05, 4.69) is 9.98 Å². The first kappa shape index (κ1) is 13.3. The van der Waals surface area contributed by atoms with Gasteiger partial charge in [0.25, 0.3) is 0 Å². The Balaban J connectivity index is 2.26. The smallest absolute Gasteiger partial charge is 0.136 e. The molecule has 21 heavy (non-hydrogen) atoms. The van der Waals surface area contributed by atoms with Crippen LogP contribution in [0.25, 0.3) is 5.70 Å². The zero-order valence-electron chi connectivity index (χ0n) is 11.5. The van der Waals surface area contributed by atoms with Crippen LogP contribution in [-0.4, -0.2) is 22.3 Å². The molecular formula is C16H14FN3O. The van der Waals surface area contributed by atoms with Crippen molar-refractivity contribution < 1.29 is 9.50 Å². The van der Waals surface area contributed by atoms with Gasteiger partial charge in [0.1, 0.15) is 11.6 Å². The van der Waals surface area contributed by atoms with E-state index in [-0.39, 0.29) is 11.3 Å². The number of aromatic nitrogens is 1. The molecule has 0 amide bonds. The normalized spacial score (nSPS) is 14.0. The lowest BCUT2D eigenvalue weighted by molar-refractivity contribution is 0.467. The lowest BCUT2D eigenvalue weighted by atomic mass is 9.96. The summed E-state index contributed by atoms with van der Waals surface area (Å²) in [6, 6.07) is 4.61. The van der Waals surface area contributed by atoms with E-state index in [1.807, 2.05) is 0 Å². The number of aryl methyl sites for hydroxylation is 1. The SMILES string of the molecule is Cc1cc(O)c(C2=NCC=C(N)c3cnccc32)c(F)c1. The highest BCUT2D eigenvalue weighted by molar-refractivity contribution is 6.17. The van der Waals surface area contributed by atoms with Gasteiger partial charge >= 0.3 is 0 Å². The number of halogens is 1. The van der Waals surface area contributed by atoms with Crippen molar-refractivity contribution in [3.63, 3.8) is 0 Å². The molecular weight excluding hydrogens is 269 g/mol. The Morgan fingerprint density at radius 1 is 1.29 bits per heavy atom. The summed E-state index contributed by atoms with van der Waals surface area (Å²) in [4.78, 5) is 8.41. The molecule has 1 aromatic carbocycles. The highest BCUT2D eigenvalue weighted by Gasteiger charge is 2.21. The van der Waals surface area contributed by atoms with Crippen LogP contribution in [0.1, 0.15) is 22.3 Å². The Kier molecular flexibility index (Phi) is 3.17. The molecule has 1 aromatic heterocycles. The van der Waals surface area contributed by atoms with Crippen LogP contribution < -0.4 is 5.73 Å². The third-order valence-electron chi connectivity index (χ3n) is 3.40. The highest BCUT2D eigenvalue weighted by atomic mass is 19.1. The number of hydrogen-bond acceptors (Lipinski definition) is 4. The number of nitrogens with zero attached hydrogens (tertiary/aromatic N) is 2. The van der Waals surface area contributed by atoms with E-state index in [4.69, 9.17) is 5.73 Å². The lowest BCUT2D eigenvalue weighted by Gasteiger charge is -2.13. The predicted octanol–water partition coefficient (Wildman–Crippen LogP) is 2.39. The van der Waals surface area contributed by atoms with E-state index >= 15 is 0 Å². The van der Waals surface area contributed by atoms with Crippen molar-refractivity contribution in [3.8, 4) is 5.75 Å². The molecule has 3 rings (SSSR count).